The van der Waals surface area contributed by atoms with Crippen molar-refractivity contribution in [3.63, 3.8) is 0 Å². The first kappa shape index (κ1) is 19.4. The van der Waals surface area contributed by atoms with Gasteiger partial charge in [0.1, 0.15) is 0 Å². The molecule has 0 fully saturated rings. The number of aromatic nitrogens is 2. The van der Waals surface area contributed by atoms with Crippen LogP contribution in [-0.4, -0.2) is 27.1 Å². The van der Waals surface area contributed by atoms with E-state index in [2.05, 4.69) is 5.32 Å². The van der Waals surface area contributed by atoms with E-state index in [0.717, 1.165) is 11.0 Å². The van der Waals surface area contributed by atoms with Crippen LogP contribution in [0.5, 0.6) is 0 Å². The van der Waals surface area contributed by atoms with Gasteiger partial charge in [0.05, 0.1) is 17.5 Å². The zero-order valence-corrected chi connectivity index (χ0v) is 15.9. The van der Waals surface area contributed by atoms with Gasteiger partial charge < -0.3 is 10.1 Å². The molecule has 3 rings (SSSR count). The summed E-state index contributed by atoms with van der Waals surface area (Å²) in [6.07, 6.45) is -0.929. The predicted octanol–water partition coefficient (Wildman–Crippen LogP) is 2.78. The first-order valence-corrected chi connectivity index (χ1v) is 9.24. The molecular weight excluding hydrogens is 358 g/mol. The lowest BCUT2D eigenvalue weighted by Gasteiger charge is -2.13. The number of hydrogen-bond acceptors (Lipinski definition) is 4. The molecule has 0 aliphatic rings. The quantitative estimate of drug-likeness (QED) is 0.638. The Morgan fingerprint density at radius 3 is 2.25 bits per heavy atom. The van der Waals surface area contributed by atoms with Crippen molar-refractivity contribution in [1.82, 2.24) is 9.13 Å². The monoisotopic (exact) mass is 381 g/mol. The highest BCUT2D eigenvalue weighted by Crippen LogP contribution is 2.13. The number of nitrogens with zero attached hydrogens (tertiary/aromatic N) is 2. The number of carbonyl (C=O) groups excluding carboxylic acids is 2. The largest absolute Gasteiger partial charge is 0.452 e. The molecule has 7 nitrogen and oxygen atoms in total. The van der Waals surface area contributed by atoms with Crippen molar-refractivity contribution in [2.75, 3.05) is 5.32 Å². The Morgan fingerprint density at radius 2 is 1.61 bits per heavy atom. The molecule has 1 unspecified atom stereocenters. The number of rotatable bonds is 7. The van der Waals surface area contributed by atoms with Gasteiger partial charge in [0.25, 0.3) is 5.91 Å². The number of esters is 1. The van der Waals surface area contributed by atoms with Crippen LogP contribution in [-0.2, 0) is 27.4 Å². The van der Waals surface area contributed by atoms with Crippen LogP contribution in [0.25, 0.3) is 11.0 Å². The molecule has 1 N–H and O–H groups in total. The van der Waals surface area contributed by atoms with Gasteiger partial charge in [-0.3, -0.25) is 18.7 Å². The van der Waals surface area contributed by atoms with Gasteiger partial charge >= 0.3 is 11.7 Å². The van der Waals surface area contributed by atoms with Gasteiger partial charge in [-0.05, 0) is 38.1 Å². The van der Waals surface area contributed by atoms with Crippen LogP contribution < -0.4 is 11.0 Å². The van der Waals surface area contributed by atoms with Crippen LogP contribution in [0.15, 0.2) is 59.4 Å². The number of nitrogens with one attached hydrogen (secondary N) is 1. The molecule has 0 saturated heterocycles. The fourth-order valence-corrected chi connectivity index (χ4v) is 3.07. The molecule has 0 bridgehead atoms. The van der Waals surface area contributed by atoms with Gasteiger partial charge in [0.2, 0.25) is 0 Å². The minimum atomic E-state index is -0.929. The highest BCUT2D eigenvalue weighted by Gasteiger charge is 2.19. The smallest absolute Gasteiger partial charge is 0.329 e. The molecule has 1 heterocycles. The summed E-state index contributed by atoms with van der Waals surface area (Å²) >= 11 is 0. The molecule has 2 aromatic carbocycles. The lowest BCUT2D eigenvalue weighted by atomic mass is 10.3. The molecule has 146 valence electrons. The second kappa shape index (κ2) is 8.56. The highest BCUT2D eigenvalue weighted by atomic mass is 16.5. The molecule has 0 aliphatic heterocycles. The van der Waals surface area contributed by atoms with Gasteiger partial charge in [-0.15, -0.1) is 0 Å². The standard InChI is InChI=1S/C21H23N3O4/c1-3-23-17-11-7-8-12-18(17)24(21(23)27)14-13-19(25)28-15(2)20(26)22-16-9-5-4-6-10-16/h4-12,15H,3,13-14H2,1-2H3,(H,22,26). The summed E-state index contributed by atoms with van der Waals surface area (Å²) in [5, 5.41) is 2.69. The van der Waals surface area contributed by atoms with Crippen molar-refractivity contribution < 1.29 is 14.3 Å². The first-order chi connectivity index (χ1) is 13.5. The topological polar surface area (TPSA) is 82.3 Å². The van der Waals surface area contributed by atoms with Crippen LogP contribution in [0.2, 0.25) is 0 Å². The van der Waals surface area contributed by atoms with Crippen LogP contribution in [0.1, 0.15) is 20.3 Å². The molecule has 0 aliphatic carbocycles. The molecule has 0 radical (unpaired) electrons. The summed E-state index contributed by atoms with van der Waals surface area (Å²) in [6, 6.07) is 16.4. The van der Waals surface area contributed by atoms with Crippen LogP contribution in [0.4, 0.5) is 5.69 Å². The van der Waals surface area contributed by atoms with Gasteiger partial charge in [-0.1, -0.05) is 30.3 Å². The Hall–Kier alpha value is -3.35. The third-order valence-corrected chi connectivity index (χ3v) is 4.50. The van der Waals surface area contributed by atoms with Crippen LogP contribution in [0, 0.1) is 0 Å². The van der Waals surface area contributed by atoms with Crippen molar-refractivity contribution in [3.05, 3.63) is 65.1 Å². The van der Waals surface area contributed by atoms with E-state index in [-0.39, 0.29) is 18.7 Å². The average Bonchev–Trinajstić information content (AvgIpc) is 2.97. The second-order valence-electron chi connectivity index (χ2n) is 6.40. The number of hydrogen-bond donors (Lipinski definition) is 1. The predicted molar refractivity (Wildman–Crippen MR) is 107 cm³/mol. The molecule has 0 saturated carbocycles. The van der Waals surface area contributed by atoms with Crippen molar-refractivity contribution in [2.45, 2.75) is 39.5 Å². The Kier molecular flexibility index (Phi) is 5.93. The van der Waals surface area contributed by atoms with Gasteiger partial charge in [-0.25, -0.2) is 4.79 Å². The van der Waals surface area contributed by atoms with Crippen molar-refractivity contribution in [2.24, 2.45) is 0 Å². The normalized spacial score (nSPS) is 11.9. The van der Waals surface area contributed by atoms with Gasteiger partial charge in [-0.2, -0.15) is 0 Å². The maximum atomic E-state index is 12.6. The summed E-state index contributed by atoms with van der Waals surface area (Å²) in [5.41, 5.74) is 2.08. The molecule has 28 heavy (non-hydrogen) atoms. The number of benzene rings is 2. The number of fused-ring (bicyclic) bond motifs is 1. The average molecular weight is 381 g/mol. The Morgan fingerprint density at radius 1 is 1.00 bits per heavy atom. The zero-order chi connectivity index (χ0) is 20.1. The lowest BCUT2D eigenvalue weighted by molar-refractivity contribution is -0.153. The molecule has 0 spiro atoms. The zero-order valence-electron chi connectivity index (χ0n) is 15.9. The number of amides is 1. The van der Waals surface area contributed by atoms with E-state index in [1.165, 1.54) is 6.92 Å². The van der Waals surface area contributed by atoms with E-state index in [1.54, 1.807) is 33.4 Å². The molecule has 7 heteroatoms. The maximum absolute atomic E-state index is 12.6. The number of carbonyl (C=O) groups is 2. The summed E-state index contributed by atoms with van der Waals surface area (Å²) in [5.74, 6) is -0.935. The summed E-state index contributed by atoms with van der Waals surface area (Å²) in [7, 11) is 0. The third kappa shape index (κ3) is 4.14. The number of ether oxygens (including phenoxy) is 1. The van der Waals surface area contributed by atoms with E-state index >= 15 is 0 Å². The summed E-state index contributed by atoms with van der Waals surface area (Å²) in [6.45, 7) is 4.16. The van der Waals surface area contributed by atoms with E-state index < -0.39 is 18.0 Å². The Bertz CT molecular complexity index is 1040. The van der Waals surface area contributed by atoms with Gasteiger partial charge in [0, 0.05) is 18.8 Å². The number of aryl methyl sites for hydroxylation is 2. The van der Waals surface area contributed by atoms with E-state index in [0.29, 0.717) is 12.2 Å². The number of imidazole rings is 1. The fourth-order valence-electron chi connectivity index (χ4n) is 3.07. The van der Waals surface area contributed by atoms with E-state index in [9.17, 15) is 14.4 Å². The van der Waals surface area contributed by atoms with E-state index in [1.807, 2.05) is 37.3 Å². The van der Waals surface area contributed by atoms with Crippen molar-refractivity contribution in [1.29, 1.82) is 0 Å². The highest BCUT2D eigenvalue weighted by molar-refractivity contribution is 5.95. The van der Waals surface area contributed by atoms with Crippen LogP contribution in [0.3, 0.4) is 0 Å². The van der Waals surface area contributed by atoms with E-state index in [4.69, 9.17) is 4.74 Å². The first-order valence-electron chi connectivity index (χ1n) is 9.24. The number of para-hydroxylation sites is 3. The summed E-state index contributed by atoms with van der Waals surface area (Å²) in [4.78, 5) is 36.9. The van der Waals surface area contributed by atoms with Crippen LogP contribution >= 0.6 is 0 Å². The summed E-state index contributed by atoms with van der Waals surface area (Å²) < 4.78 is 8.45. The third-order valence-electron chi connectivity index (χ3n) is 4.50. The molecule has 3 aromatic rings. The maximum Gasteiger partial charge on any atom is 0.329 e. The lowest BCUT2D eigenvalue weighted by Crippen LogP contribution is -2.31. The molecule has 1 atom stereocenters. The van der Waals surface area contributed by atoms with Crippen molar-refractivity contribution >= 4 is 28.6 Å². The Balaban J connectivity index is 1.62. The van der Waals surface area contributed by atoms with Crippen molar-refractivity contribution in [3.8, 4) is 0 Å². The number of anilines is 1. The minimum Gasteiger partial charge on any atom is -0.452 e. The molecule has 1 amide bonds. The minimum absolute atomic E-state index is 0.000581. The fraction of sp³-hybridized carbons (Fsp3) is 0.286. The SMILES string of the molecule is CCn1c(=O)n(CCC(=O)OC(C)C(=O)Nc2ccccc2)c2ccccc21. The Labute approximate surface area is 162 Å². The molecule has 1 aromatic heterocycles. The molecular formula is C21H23N3O4. The van der Waals surface area contributed by atoms with Gasteiger partial charge in [0.15, 0.2) is 6.10 Å². The second-order valence-corrected chi connectivity index (χ2v) is 6.40.